The highest BCUT2D eigenvalue weighted by Crippen LogP contribution is 2.37. The second-order valence-electron chi connectivity index (χ2n) is 4.28. The van der Waals surface area contributed by atoms with Crippen LogP contribution in [-0.2, 0) is 0 Å². The molecule has 0 nitrogen and oxygen atoms in total. The number of fused-ring (bicyclic) bond motifs is 1. The third-order valence-corrected chi connectivity index (χ3v) is 3.23. The van der Waals surface area contributed by atoms with Crippen LogP contribution in [0.1, 0.15) is 46.0 Å². The van der Waals surface area contributed by atoms with Crippen molar-refractivity contribution in [1.29, 1.82) is 0 Å². The predicted molar refractivity (Wildman–Crippen MR) is 57.6 cm³/mol. The van der Waals surface area contributed by atoms with Gasteiger partial charge in [-0.15, -0.1) is 0 Å². The van der Waals surface area contributed by atoms with Crippen molar-refractivity contribution in [2.45, 2.75) is 46.0 Å². The molecule has 0 atom stereocenters. The summed E-state index contributed by atoms with van der Waals surface area (Å²) in [6.07, 6.45) is 11.2. The van der Waals surface area contributed by atoms with Gasteiger partial charge in [0.15, 0.2) is 0 Å². The molecule has 2 aliphatic carbocycles. The van der Waals surface area contributed by atoms with Crippen LogP contribution in [0.4, 0.5) is 0 Å². The Morgan fingerprint density at radius 3 is 2.54 bits per heavy atom. The Kier molecular flexibility index (Phi) is 2.39. The molecule has 0 aromatic carbocycles. The molecule has 0 aliphatic heterocycles. The molecule has 0 radical (unpaired) electrons. The van der Waals surface area contributed by atoms with Crippen molar-refractivity contribution in [3.05, 3.63) is 34.4 Å². The van der Waals surface area contributed by atoms with Crippen LogP contribution in [-0.4, -0.2) is 0 Å². The van der Waals surface area contributed by atoms with Crippen molar-refractivity contribution in [2.24, 2.45) is 0 Å². The van der Waals surface area contributed by atoms with E-state index < -0.39 is 0 Å². The van der Waals surface area contributed by atoms with Crippen molar-refractivity contribution < 1.29 is 0 Å². The van der Waals surface area contributed by atoms with E-state index in [1.54, 1.807) is 16.7 Å². The molecule has 1 saturated carbocycles. The van der Waals surface area contributed by atoms with E-state index in [-0.39, 0.29) is 0 Å². The van der Waals surface area contributed by atoms with Crippen LogP contribution in [0.3, 0.4) is 0 Å². The topological polar surface area (TPSA) is 0 Å². The zero-order valence-corrected chi connectivity index (χ0v) is 8.69. The summed E-state index contributed by atoms with van der Waals surface area (Å²) in [4.78, 5) is 0. The first-order chi connectivity index (χ1) is 6.27. The second kappa shape index (κ2) is 3.53. The van der Waals surface area contributed by atoms with E-state index in [4.69, 9.17) is 0 Å². The van der Waals surface area contributed by atoms with E-state index in [1.165, 1.54) is 37.7 Å². The smallest absolute Gasteiger partial charge is 0.0136 e. The monoisotopic (exact) mass is 174 g/mol. The minimum absolute atomic E-state index is 1.17. The molecule has 0 bridgehead atoms. The lowest BCUT2D eigenvalue weighted by Gasteiger charge is -2.24. The van der Waals surface area contributed by atoms with Crippen molar-refractivity contribution in [2.75, 3.05) is 0 Å². The maximum Gasteiger partial charge on any atom is -0.0136 e. The summed E-state index contributed by atoms with van der Waals surface area (Å²) in [5.74, 6) is 0. The molecule has 0 N–H and O–H groups in total. The minimum Gasteiger partial charge on any atom is -0.0850 e. The molecule has 13 heavy (non-hydrogen) atoms. The molecule has 0 aromatic heterocycles. The molecule has 0 heterocycles. The number of rotatable bonds is 0. The average Bonchev–Trinajstić information content (AvgIpc) is 2.04. The Bertz CT molecular complexity index is 300. The zero-order chi connectivity index (χ0) is 9.26. The maximum absolute atomic E-state index is 2.43. The van der Waals surface area contributed by atoms with Gasteiger partial charge in [-0.1, -0.05) is 23.3 Å². The van der Waals surface area contributed by atoms with E-state index in [0.717, 1.165) is 0 Å². The summed E-state index contributed by atoms with van der Waals surface area (Å²) in [6.45, 7) is 4.55. The van der Waals surface area contributed by atoms with Crippen molar-refractivity contribution in [1.82, 2.24) is 0 Å². The Morgan fingerprint density at radius 2 is 1.85 bits per heavy atom. The highest BCUT2D eigenvalue weighted by Gasteiger charge is 2.18. The molecule has 0 amide bonds. The van der Waals surface area contributed by atoms with E-state index in [9.17, 15) is 0 Å². The molecule has 0 heteroatoms. The van der Waals surface area contributed by atoms with E-state index in [0.29, 0.717) is 0 Å². The van der Waals surface area contributed by atoms with E-state index >= 15 is 0 Å². The molecule has 0 unspecified atom stereocenters. The fourth-order valence-corrected chi connectivity index (χ4v) is 2.16. The van der Waals surface area contributed by atoms with Crippen molar-refractivity contribution in [3.8, 4) is 0 Å². The summed E-state index contributed by atoms with van der Waals surface area (Å²) in [7, 11) is 0. The predicted octanol–water partition coefficient (Wildman–Crippen LogP) is 4.15. The Hall–Kier alpha value is -0.780. The molecule has 1 fully saturated rings. The van der Waals surface area contributed by atoms with E-state index in [2.05, 4.69) is 26.0 Å². The summed E-state index contributed by atoms with van der Waals surface area (Å²) >= 11 is 0. The SMILES string of the molecule is C/C1=C\CC/C(C)=C2\CCC2=CC1. The Balaban J connectivity index is 2.24. The normalized spacial score (nSPS) is 32.8. The molecule has 2 aliphatic rings. The summed E-state index contributed by atoms with van der Waals surface area (Å²) in [6, 6.07) is 0. The first kappa shape index (κ1) is 8.80. The highest BCUT2D eigenvalue weighted by molar-refractivity contribution is 5.43. The van der Waals surface area contributed by atoms with Gasteiger partial charge >= 0.3 is 0 Å². The number of hydrogen-bond donors (Lipinski definition) is 0. The lowest BCUT2D eigenvalue weighted by atomic mass is 9.81. The van der Waals surface area contributed by atoms with Crippen LogP contribution >= 0.6 is 0 Å². The molecule has 70 valence electrons. The van der Waals surface area contributed by atoms with Crippen LogP contribution in [0.25, 0.3) is 0 Å². The average molecular weight is 174 g/mol. The van der Waals surface area contributed by atoms with Gasteiger partial charge in [0.2, 0.25) is 0 Å². The summed E-state index contributed by atoms with van der Waals surface area (Å²) in [5.41, 5.74) is 6.46. The zero-order valence-electron chi connectivity index (χ0n) is 8.69. The lowest BCUT2D eigenvalue weighted by molar-refractivity contribution is 0.784. The van der Waals surface area contributed by atoms with Gasteiger partial charge in [0.25, 0.3) is 0 Å². The Labute approximate surface area is 81.0 Å². The van der Waals surface area contributed by atoms with Crippen molar-refractivity contribution in [3.63, 3.8) is 0 Å². The van der Waals surface area contributed by atoms with Gasteiger partial charge in [-0.25, -0.2) is 0 Å². The first-order valence-corrected chi connectivity index (χ1v) is 5.31. The third kappa shape index (κ3) is 1.77. The van der Waals surface area contributed by atoms with Gasteiger partial charge in [-0.05, 0) is 57.1 Å². The van der Waals surface area contributed by atoms with Gasteiger partial charge in [0, 0.05) is 0 Å². The number of allylic oxidation sites excluding steroid dienone is 6. The number of hydrogen-bond acceptors (Lipinski definition) is 0. The van der Waals surface area contributed by atoms with Crippen LogP contribution in [0.5, 0.6) is 0 Å². The lowest BCUT2D eigenvalue weighted by Crippen LogP contribution is -2.05. The largest absolute Gasteiger partial charge is 0.0850 e. The van der Waals surface area contributed by atoms with Crippen LogP contribution in [0.2, 0.25) is 0 Å². The van der Waals surface area contributed by atoms with Gasteiger partial charge in [-0.3, -0.25) is 0 Å². The Morgan fingerprint density at radius 1 is 1.00 bits per heavy atom. The molecule has 2 rings (SSSR count). The molecule has 0 aromatic rings. The fraction of sp³-hybridized carbons (Fsp3) is 0.538. The van der Waals surface area contributed by atoms with Crippen LogP contribution < -0.4 is 0 Å². The standard InChI is InChI=1S/C13H18/c1-10-4-3-5-11(2)13-9-8-12(13)7-6-10/h4,7H,3,5-6,8-9H2,1-2H3/b10-4+,12-7?,13-11+. The third-order valence-electron chi connectivity index (χ3n) is 3.23. The van der Waals surface area contributed by atoms with Gasteiger partial charge in [0.05, 0.1) is 0 Å². The van der Waals surface area contributed by atoms with Gasteiger partial charge in [0.1, 0.15) is 0 Å². The quantitative estimate of drug-likeness (QED) is 0.484. The molecular weight excluding hydrogens is 156 g/mol. The molecular formula is C13H18. The van der Waals surface area contributed by atoms with Crippen LogP contribution in [0, 0.1) is 0 Å². The van der Waals surface area contributed by atoms with Crippen LogP contribution in [0.15, 0.2) is 34.4 Å². The first-order valence-electron chi connectivity index (χ1n) is 5.31. The summed E-state index contributed by atoms with van der Waals surface area (Å²) < 4.78 is 0. The summed E-state index contributed by atoms with van der Waals surface area (Å²) in [5, 5.41) is 0. The molecule has 0 spiro atoms. The highest BCUT2D eigenvalue weighted by atomic mass is 14.2. The minimum atomic E-state index is 1.17. The molecule has 0 saturated heterocycles. The van der Waals surface area contributed by atoms with Crippen molar-refractivity contribution >= 4 is 0 Å². The maximum atomic E-state index is 2.43. The van der Waals surface area contributed by atoms with Gasteiger partial charge in [-0.2, -0.15) is 0 Å². The van der Waals surface area contributed by atoms with Gasteiger partial charge < -0.3 is 0 Å². The van der Waals surface area contributed by atoms with E-state index in [1.807, 2.05) is 0 Å². The second-order valence-corrected chi connectivity index (χ2v) is 4.28. The fourth-order valence-electron chi connectivity index (χ4n) is 2.16.